The molecule has 3 nitrogen and oxygen atoms in total. The fraction of sp³-hybridized carbons (Fsp3) is 0.435. The number of ether oxygens (including phenoxy) is 2. The van der Waals surface area contributed by atoms with Crippen LogP contribution in [0.5, 0.6) is 5.75 Å². The zero-order valence-electron chi connectivity index (χ0n) is 16.5. The number of para-hydroxylation sites is 1. The zero-order chi connectivity index (χ0) is 19.2. The Morgan fingerprint density at radius 1 is 0.923 bits per heavy atom. The van der Waals surface area contributed by atoms with Gasteiger partial charge in [0.25, 0.3) is 0 Å². The molecule has 140 valence electrons. The lowest BCUT2D eigenvalue weighted by Crippen LogP contribution is -2.47. The van der Waals surface area contributed by atoms with Crippen LogP contribution in [-0.2, 0) is 22.4 Å². The maximum absolute atomic E-state index is 13.3. The number of esters is 1. The van der Waals surface area contributed by atoms with E-state index < -0.39 is 5.41 Å². The van der Waals surface area contributed by atoms with Crippen LogP contribution in [0.2, 0.25) is 0 Å². The Morgan fingerprint density at radius 3 is 2.12 bits per heavy atom. The summed E-state index contributed by atoms with van der Waals surface area (Å²) >= 11 is 0. The van der Waals surface area contributed by atoms with E-state index in [-0.39, 0.29) is 11.4 Å². The lowest BCUT2D eigenvalue weighted by molar-refractivity contribution is -0.163. The first kappa shape index (κ1) is 20.0. The number of rotatable bonds is 7. The van der Waals surface area contributed by atoms with Crippen molar-refractivity contribution in [1.82, 2.24) is 0 Å². The molecule has 0 saturated heterocycles. The summed E-state index contributed by atoms with van der Waals surface area (Å²) in [6, 6.07) is 18.1. The van der Waals surface area contributed by atoms with E-state index in [1.54, 1.807) is 7.11 Å². The summed E-state index contributed by atoms with van der Waals surface area (Å²) in [5, 5.41) is 0. The molecule has 0 bridgehead atoms. The lowest BCUT2D eigenvalue weighted by atomic mass is 9.60. The van der Waals surface area contributed by atoms with Crippen LogP contribution in [0.3, 0.4) is 0 Å². The van der Waals surface area contributed by atoms with E-state index in [1.807, 2.05) is 49.4 Å². The number of carbonyl (C=O) groups excluding carboxylic acids is 1. The van der Waals surface area contributed by atoms with Gasteiger partial charge < -0.3 is 9.47 Å². The molecule has 0 fully saturated rings. The van der Waals surface area contributed by atoms with Gasteiger partial charge in [-0.2, -0.15) is 0 Å². The average Bonchev–Trinajstić information content (AvgIpc) is 2.61. The maximum Gasteiger partial charge on any atom is 0.313 e. The molecule has 0 amide bonds. The van der Waals surface area contributed by atoms with Crippen LogP contribution >= 0.6 is 0 Å². The molecular formula is C23H30O3. The third-order valence-electron chi connectivity index (χ3n) is 5.14. The Hall–Kier alpha value is -2.29. The molecular weight excluding hydrogens is 324 g/mol. The number of carbonyl (C=O) groups is 1. The van der Waals surface area contributed by atoms with Gasteiger partial charge in [-0.15, -0.1) is 0 Å². The second kappa shape index (κ2) is 8.39. The van der Waals surface area contributed by atoms with E-state index in [4.69, 9.17) is 9.47 Å². The second-order valence-corrected chi connectivity index (χ2v) is 7.70. The highest BCUT2D eigenvalue weighted by atomic mass is 16.5. The van der Waals surface area contributed by atoms with Gasteiger partial charge >= 0.3 is 5.97 Å². The summed E-state index contributed by atoms with van der Waals surface area (Å²) in [4.78, 5) is 13.3. The van der Waals surface area contributed by atoms with Gasteiger partial charge in [-0.05, 0) is 42.4 Å². The predicted molar refractivity (Wildman–Crippen MR) is 105 cm³/mol. The van der Waals surface area contributed by atoms with Crippen LogP contribution in [-0.4, -0.2) is 19.7 Å². The van der Waals surface area contributed by atoms with E-state index in [9.17, 15) is 4.79 Å². The van der Waals surface area contributed by atoms with E-state index in [1.165, 1.54) is 0 Å². The van der Waals surface area contributed by atoms with E-state index in [2.05, 4.69) is 32.9 Å². The van der Waals surface area contributed by atoms with Gasteiger partial charge in [-0.25, -0.2) is 0 Å². The minimum atomic E-state index is -0.695. The highest BCUT2D eigenvalue weighted by molar-refractivity contribution is 5.79. The Labute approximate surface area is 157 Å². The van der Waals surface area contributed by atoms with Crippen molar-refractivity contribution < 1.29 is 14.3 Å². The largest absolute Gasteiger partial charge is 0.496 e. The standard InChI is InChI=1S/C23H30O3/c1-6-26-21(24)23(22(2,3)4,16-18-12-8-7-9-13-18)17-19-14-10-11-15-20(19)25-5/h7-15H,6,16-17H2,1-5H3. The number of hydrogen-bond acceptors (Lipinski definition) is 3. The highest BCUT2D eigenvalue weighted by Gasteiger charge is 2.50. The summed E-state index contributed by atoms with van der Waals surface area (Å²) in [6.45, 7) is 8.57. The van der Waals surface area contributed by atoms with Crippen molar-refractivity contribution in [3.8, 4) is 5.75 Å². The number of benzene rings is 2. The van der Waals surface area contributed by atoms with Gasteiger partial charge in [0.05, 0.1) is 19.1 Å². The molecule has 3 heteroatoms. The number of methoxy groups -OCH3 is 1. The van der Waals surface area contributed by atoms with Crippen molar-refractivity contribution in [1.29, 1.82) is 0 Å². The smallest absolute Gasteiger partial charge is 0.313 e. The zero-order valence-corrected chi connectivity index (χ0v) is 16.5. The molecule has 1 atom stereocenters. The average molecular weight is 354 g/mol. The van der Waals surface area contributed by atoms with Gasteiger partial charge in [0.1, 0.15) is 5.75 Å². The monoisotopic (exact) mass is 354 g/mol. The van der Waals surface area contributed by atoms with E-state index >= 15 is 0 Å². The lowest BCUT2D eigenvalue weighted by Gasteiger charge is -2.43. The summed E-state index contributed by atoms with van der Waals surface area (Å²) < 4.78 is 11.1. The molecule has 0 N–H and O–H groups in total. The topological polar surface area (TPSA) is 35.5 Å². The molecule has 2 aromatic carbocycles. The van der Waals surface area contributed by atoms with Crippen molar-refractivity contribution in [2.45, 2.75) is 40.5 Å². The van der Waals surface area contributed by atoms with Crippen LogP contribution in [0.1, 0.15) is 38.8 Å². The van der Waals surface area contributed by atoms with E-state index in [0.29, 0.717) is 19.4 Å². The fourth-order valence-corrected chi connectivity index (χ4v) is 3.43. The summed E-state index contributed by atoms with van der Waals surface area (Å²) in [7, 11) is 1.67. The van der Waals surface area contributed by atoms with Crippen molar-refractivity contribution in [3.05, 3.63) is 65.7 Å². The molecule has 0 saturated carbocycles. The Morgan fingerprint density at radius 2 is 1.54 bits per heavy atom. The molecule has 0 radical (unpaired) electrons. The molecule has 0 aliphatic carbocycles. The van der Waals surface area contributed by atoms with Crippen LogP contribution in [0.15, 0.2) is 54.6 Å². The molecule has 1 unspecified atom stereocenters. The summed E-state index contributed by atoms with van der Waals surface area (Å²) in [5.41, 5.74) is 1.16. The molecule has 0 spiro atoms. The van der Waals surface area contributed by atoms with Crippen molar-refractivity contribution in [2.75, 3.05) is 13.7 Å². The van der Waals surface area contributed by atoms with Gasteiger partial charge in [0, 0.05) is 0 Å². The molecule has 2 rings (SSSR count). The van der Waals surface area contributed by atoms with Gasteiger partial charge in [0.15, 0.2) is 0 Å². The first-order valence-corrected chi connectivity index (χ1v) is 9.17. The quantitative estimate of drug-likeness (QED) is 0.651. The Balaban J connectivity index is 2.56. The predicted octanol–water partition coefficient (Wildman–Crippen LogP) is 5.08. The van der Waals surface area contributed by atoms with Crippen molar-refractivity contribution in [2.24, 2.45) is 10.8 Å². The Kier molecular flexibility index (Phi) is 6.47. The van der Waals surface area contributed by atoms with Crippen molar-refractivity contribution >= 4 is 5.97 Å². The third-order valence-corrected chi connectivity index (χ3v) is 5.14. The third kappa shape index (κ3) is 4.27. The second-order valence-electron chi connectivity index (χ2n) is 7.70. The maximum atomic E-state index is 13.3. The molecule has 0 aromatic heterocycles. The normalized spacial score (nSPS) is 13.7. The minimum Gasteiger partial charge on any atom is -0.496 e. The summed E-state index contributed by atoms with van der Waals surface area (Å²) in [5.74, 6) is 0.653. The Bertz CT molecular complexity index is 716. The van der Waals surface area contributed by atoms with Crippen LogP contribution < -0.4 is 4.74 Å². The van der Waals surface area contributed by atoms with Gasteiger partial charge in [-0.1, -0.05) is 69.3 Å². The van der Waals surface area contributed by atoms with Crippen molar-refractivity contribution in [3.63, 3.8) is 0 Å². The van der Waals surface area contributed by atoms with Crippen LogP contribution in [0.4, 0.5) is 0 Å². The first-order chi connectivity index (χ1) is 12.3. The van der Waals surface area contributed by atoms with Gasteiger partial charge in [-0.3, -0.25) is 4.79 Å². The molecule has 0 aliphatic heterocycles. The van der Waals surface area contributed by atoms with Crippen LogP contribution in [0, 0.1) is 10.8 Å². The molecule has 2 aromatic rings. The SMILES string of the molecule is CCOC(=O)C(Cc1ccccc1)(Cc1ccccc1OC)C(C)(C)C. The molecule has 26 heavy (non-hydrogen) atoms. The van der Waals surface area contributed by atoms with Gasteiger partial charge in [0.2, 0.25) is 0 Å². The summed E-state index contributed by atoms with van der Waals surface area (Å²) in [6.07, 6.45) is 1.18. The minimum absolute atomic E-state index is 0.151. The first-order valence-electron chi connectivity index (χ1n) is 9.17. The molecule has 0 aliphatic rings. The van der Waals surface area contributed by atoms with Crippen LogP contribution in [0.25, 0.3) is 0 Å². The van der Waals surface area contributed by atoms with E-state index in [0.717, 1.165) is 16.9 Å². The fourth-order valence-electron chi connectivity index (χ4n) is 3.43. The molecule has 0 heterocycles. The highest BCUT2D eigenvalue weighted by Crippen LogP contribution is 2.46. The number of hydrogen-bond donors (Lipinski definition) is 0.